The van der Waals surface area contributed by atoms with Gasteiger partial charge in [0.05, 0.1) is 41.9 Å². The van der Waals surface area contributed by atoms with Crippen LogP contribution in [-0.2, 0) is 16.0 Å². The first-order valence-electron chi connectivity index (χ1n) is 11.8. The van der Waals surface area contributed by atoms with Crippen molar-refractivity contribution in [2.45, 2.75) is 32.3 Å². The molecule has 0 aromatic heterocycles. The van der Waals surface area contributed by atoms with Crippen LogP contribution in [0.25, 0.3) is 0 Å². The van der Waals surface area contributed by atoms with Crippen LogP contribution in [0.15, 0.2) is 36.4 Å². The Hall–Kier alpha value is -3.51. The average molecular weight is 515 g/mol. The molecule has 0 bridgehead atoms. The van der Waals surface area contributed by atoms with E-state index in [2.05, 4.69) is 6.07 Å². The number of primary amides is 1. The lowest BCUT2D eigenvalue weighted by Crippen LogP contribution is -2.54. The van der Waals surface area contributed by atoms with Crippen LogP contribution < -0.4 is 20.1 Å². The molecule has 2 aliphatic heterocycles. The van der Waals surface area contributed by atoms with Gasteiger partial charge < -0.3 is 25.0 Å². The number of nitriles is 1. The van der Waals surface area contributed by atoms with E-state index in [1.54, 1.807) is 34.1 Å². The van der Waals surface area contributed by atoms with Crippen molar-refractivity contribution in [1.82, 2.24) is 4.90 Å². The molecule has 2 amide bonds. The minimum Gasteiger partial charge on any atom is -0.492 e. The maximum absolute atomic E-state index is 13.4. The first-order chi connectivity index (χ1) is 17.2. The number of amides is 2. The Morgan fingerprint density at radius 1 is 1.28 bits per heavy atom. The smallest absolute Gasteiger partial charge is 0.265 e. The molecule has 2 aliphatic rings. The van der Waals surface area contributed by atoms with Crippen molar-refractivity contribution >= 4 is 29.1 Å². The largest absolute Gasteiger partial charge is 0.492 e. The number of hydrogen-bond donors (Lipinski definition) is 1. The second-order valence-corrected chi connectivity index (χ2v) is 9.56. The quantitative estimate of drug-likeness (QED) is 0.607. The van der Waals surface area contributed by atoms with Crippen molar-refractivity contribution in [2.24, 2.45) is 11.1 Å². The maximum atomic E-state index is 13.4. The molecule has 2 heterocycles. The van der Waals surface area contributed by atoms with E-state index in [0.29, 0.717) is 61.2 Å². The van der Waals surface area contributed by atoms with Gasteiger partial charge in [-0.1, -0.05) is 23.7 Å². The third-order valence-corrected chi connectivity index (χ3v) is 6.95. The zero-order valence-electron chi connectivity index (χ0n) is 20.0. The van der Waals surface area contributed by atoms with Crippen molar-refractivity contribution in [3.05, 3.63) is 52.8 Å². The molecule has 8 nitrogen and oxygen atoms in total. The fraction of sp³-hybridized carbons (Fsp3) is 0.423. The van der Waals surface area contributed by atoms with Crippen molar-refractivity contribution in [3.63, 3.8) is 0 Å². The van der Waals surface area contributed by atoms with Gasteiger partial charge in [0.25, 0.3) is 5.91 Å². The number of nitrogens with two attached hydrogens (primary N) is 1. The summed E-state index contributed by atoms with van der Waals surface area (Å²) >= 11 is 6.33. The Kier molecular flexibility index (Phi) is 7.55. The molecule has 2 N–H and O–H groups in total. The van der Waals surface area contributed by atoms with Crippen LogP contribution in [0, 0.1) is 22.6 Å². The molecule has 1 atom stereocenters. The second-order valence-electron chi connectivity index (χ2n) is 9.16. The van der Waals surface area contributed by atoms with Crippen LogP contribution >= 0.6 is 11.6 Å². The number of halogens is 2. The third-order valence-electron chi connectivity index (χ3n) is 6.66. The first-order valence-corrected chi connectivity index (χ1v) is 12.2. The number of benzene rings is 2. The molecule has 0 radical (unpaired) electrons. The Morgan fingerprint density at radius 2 is 1.97 bits per heavy atom. The molecule has 0 spiro atoms. The number of ether oxygens (including phenoxy) is 2. The molecule has 10 heteroatoms. The SMILES string of the molecule is CCOc1cc2c(cc1Cl)N(CC(N)=O)CC(C(=O)N1CCC(C#N)(Cc3ccc(F)cc3)CC1)O2. The number of likely N-dealkylation sites (tertiary alicyclic amines) is 1. The summed E-state index contributed by atoms with van der Waals surface area (Å²) in [4.78, 5) is 28.5. The van der Waals surface area contributed by atoms with E-state index in [1.807, 2.05) is 6.92 Å². The van der Waals surface area contributed by atoms with Gasteiger partial charge in [-0.25, -0.2) is 4.39 Å². The molecular formula is C26H28ClFN4O4. The van der Waals surface area contributed by atoms with E-state index in [0.717, 1.165) is 5.56 Å². The summed E-state index contributed by atoms with van der Waals surface area (Å²) in [5.74, 6) is -0.288. The molecule has 2 aromatic rings. The van der Waals surface area contributed by atoms with Gasteiger partial charge in [-0.2, -0.15) is 5.26 Å². The fourth-order valence-corrected chi connectivity index (χ4v) is 4.98. The summed E-state index contributed by atoms with van der Waals surface area (Å²) in [5.41, 5.74) is 6.27. The summed E-state index contributed by atoms with van der Waals surface area (Å²) in [6.45, 7) is 3.05. The number of hydrogen-bond acceptors (Lipinski definition) is 6. The molecule has 1 unspecified atom stereocenters. The van der Waals surface area contributed by atoms with Crippen LogP contribution in [0.4, 0.5) is 10.1 Å². The number of anilines is 1. The van der Waals surface area contributed by atoms with E-state index in [9.17, 15) is 19.2 Å². The third kappa shape index (κ3) is 5.49. The molecule has 2 aromatic carbocycles. The molecule has 4 rings (SSSR count). The summed E-state index contributed by atoms with van der Waals surface area (Å²) in [6, 6.07) is 11.9. The van der Waals surface area contributed by atoms with Gasteiger partial charge in [0, 0.05) is 19.2 Å². The van der Waals surface area contributed by atoms with Gasteiger partial charge in [-0.15, -0.1) is 0 Å². The summed E-state index contributed by atoms with van der Waals surface area (Å²) in [6.07, 6.45) is 0.613. The number of piperidine rings is 1. The first kappa shape index (κ1) is 25.6. The zero-order chi connectivity index (χ0) is 25.9. The highest BCUT2D eigenvalue weighted by molar-refractivity contribution is 6.32. The van der Waals surface area contributed by atoms with E-state index in [4.69, 9.17) is 26.8 Å². The number of carbonyl (C=O) groups is 2. The van der Waals surface area contributed by atoms with E-state index in [-0.39, 0.29) is 24.8 Å². The zero-order valence-corrected chi connectivity index (χ0v) is 20.8. The van der Waals surface area contributed by atoms with Crippen molar-refractivity contribution in [1.29, 1.82) is 5.26 Å². The molecule has 1 fully saturated rings. The van der Waals surface area contributed by atoms with Gasteiger partial charge in [-0.3, -0.25) is 9.59 Å². The van der Waals surface area contributed by atoms with E-state index < -0.39 is 17.4 Å². The Bertz CT molecular complexity index is 1180. The van der Waals surface area contributed by atoms with Crippen LogP contribution in [0.3, 0.4) is 0 Å². The van der Waals surface area contributed by atoms with Gasteiger partial charge in [-0.05, 0) is 49.9 Å². The highest BCUT2D eigenvalue weighted by atomic mass is 35.5. The maximum Gasteiger partial charge on any atom is 0.265 e. The Balaban J connectivity index is 1.48. The monoisotopic (exact) mass is 514 g/mol. The molecule has 1 saturated heterocycles. The fourth-order valence-electron chi connectivity index (χ4n) is 4.77. The Labute approximate surface area is 214 Å². The number of nitrogens with zero attached hydrogens (tertiary/aromatic N) is 3. The van der Waals surface area contributed by atoms with E-state index >= 15 is 0 Å². The average Bonchev–Trinajstić information content (AvgIpc) is 2.86. The molecular weight excluding hydrogens is 487 g/mol. The highest BCUT2D eigenvalue weighted by Gasteiger charge is 2.40. The van der Waals surface area contributed by atoms with Crippen molar-refractivity contribution < 1.29 is 23.5 Å². The van der Waals surface area contributed by atoms with Gasteiger partial charge in [0.1, 0.15) is 17.3 Å². The summed E-state index contributed by atoms with van der Waals surface area (Å²) in [7, 11) is 0. The highest BCUT2D eigenvalue weighted by Crippen LogP contribution is 2.42. The molecule has 0 aliphatic carbocycles. The second kappa shape index (κ2) is 10.6. The minimum atomic E-state index is -0.862. The van der Waals surface area contributed by atoms with Gasteiger partial charge in [0.15, 0.2) is 6.10 Å². The normalized spacial score (nSPS) is 18.6. The molecule has 190 valence electrons. The van der Waals surface area contributed by atoms with E-state index in [1.165, 1.54) is 12.1 Å². The lowest BCUT2D eigenvalue weighted by molar-refractivity contribution is -0.140. The number of fused-ring (bicyclic) bond motifs is 1. The standard InChI is InChI=1S/C26H28ClFN4O4/c1-2-35-21-12-22-20(11-19(21)27)32(15-24(30)33)14-23(36-22)25(34)31-9-7-26(16-29,8-10-31)13-17-3-5-18(28)6-4-17/h3-6,11-12,23H,2,7-10,13-15H2,1H3,(H2,30,33). The summed E-state index contributed by atoms with van der Waals surface area (Å²) in [5, 5.41) is 10.3. The summed E-state index contributed by atoms with van der Waals surface area (Å²) < 4.78 is 24.9. The predicted octanol–water partition coefficient (Wildman–Crippen LogP) is 3.31. The van der Waals surface area contributed by atoms with Crippen LogP contribution in [0.2, 0.25) is 5.02 Å². The van der Waals surface area contributed by atoms with Crippen molar-refractivity contribution in [3.8, 4) is 17.6 Å². The van der Waals surface area contributed by atoms with Crippen LogP contribution in [-0.4, -0.2) is 55.6 Å². The van der Waals surface area contributed by atoms with Gasteiger partial charge in [0.2, 0.25) is 5.91 Å². The topological polar surface area (TPSA) is 109 Å². The molecule has 36 heavy (non-hydrogen) atoms. The minimum absolute atomic E-state index is 0.0976. The van der Waals surface area contributed by atoms with Crippen molar-refractivity contribution in [2.75, 3.05) is 37.7 Å². The number of carbonyl (C=O) groups excluding carboxylic acids is 2. The van der Waals surface area contributed by atoms with Crippen LogP contribution in [0.5, 0.6) is 11.5 Å². The lowest BCUT2D eigenvalue weighted by atomic mass is 9.75. The Morgan fingerprint density at radius 3 is 2.58 bits per heavy atom. The predicted molar refractivity (Wildman–Crippen MR) is 132 cm³/mol. The van der Waals surface area contributed by atoms with Gasteiger partial charge >= 0.3 is 0 Å². The lowest BCUT2D eigenvalue weighted by Gasteiger charge is -2.41. The number of rotatable bonds is 7. The molecule has 0 saturated carbocycles. The van der Waals surface area contributed by atoms with Crippen LogP contribution in [0.1, 0.15) is 25.3 Å².